The van der Waals surface area contributed by atoms with E-state index in [0.29, 0.717) is 24.4 Å². The van der Waals surface area contributed by atoms with Crippen LogP contribution in [-0.4, -0.2) is 25.6 Å². The van der Waals surface area contributed by atoms with Crippen molar-refractivity contribution in [1.82, 2.24) is 5.32 Å². The summed E-state index contributed by atoms with van der Waals surface area (Å²) in [6.07, 6.45) is 2.33. The summed E-state index contributed by atoms with van der Waals surface area (Å²) in [7, 11) is 0. The normalized spacial score (nSPS) is 13.2. The van der Waals surface area contributed by atoms with Crippen LogP contribution in [0.15, 0.2) is 59.2 Å². The Morgan fingerprint density at radius 1 is 1.16 bits per heavy atom. The summed E-state index contributed by atoms with van der Waals surface area (Å²) in [5.74, 6) is 1.70. The van der Waals surface area contributed by atoms with Crippen LogP contribution in [0.2, 0.25) is 0 Å². The van der Waals surface area contributed by atoms with Crippen molar-refractivity contribution < 1.29 is 13.9 Å². The molecule has 0 fully saturated rings. The number of benzene rings is 1. The van der Waals surface area contributed by atoms with E-state index in [0.717, 1.165) is 28.7 Å². The molecule has 6 heteroatoms. The second-order valence-corrected chi connectivity index (χ2v) is 6.75. The first kappa shape index (κ1) is 15.8. The van der Waals surface area contributed by atoms with Crippen LogP contribution in [0, 0.1) is 0 Å². The molecule has 0 spiro atoms. The highest BCUT2D eigenvalue weighted by Crippen LogP contribution is 2.39. The van der Waals surface area contributed by atoms with Crippen molar-refractivity contribution in [3.05, 3.63) is 65.4 Å². The first-order valence-corrected chi connectivity index (χ1v) is 9.03. The molecule has 0 saturated heterocycles. The van der Waals surface area contributed by atoms with E-state index in [9.17, 15) is 4.79 Å². The molecule has 3 heterocycles. The summed E-state index contributed by atoms with van der Waals surface area (Å²) >= 11 is 1.49. The summed E-state index contributed by atoms with van der Waals surface area (Å²) in [5, 5.41) is 3.99. The molecule has 1 amide bonds. The van der Waals surface area contributed by atoms with Crippen molar-refractivity contribution in [1.29, 1.82) is 0 Å². The van der Waals surface area contributed by atoms with Crippen molar-refractivity contribution >= 4 is 27.9 Å². The van der Waals surface area contributed by atoms with Crippen LogP contribution in [-0.2, 0) is 6.42 Å². The van der Waals surface area contributed by atoms with Gasteiger partial charge >= 0.3 is 0 Å². The Kier molecular flexibility index (Phi) is 4.43. The van der Waals surface area contributed by atoms with Crippen molar-refractivity contribution in [2.45, 2.75) is 6.42 Å². The Labute approximate surface area is 149 Å². The maximum atomic E-state index is 12.3. The second-order valence-electron chi connectivity index (χ2n) is 5.69. The lowest BCUT2D eigenvalue weighted by atomic mass is 10.2. The van der Waals surface area contributed by atoms with E-state index in [1.54, 1.807) is 6.26 Å². The topological polar surface area (TPSA) is 54.7 Å². The first-order valence-electron chi connectivity index (χ1n) is 8.21. The minimum absolute atomic E-state index is 0.0515. The molecule has 128 valence electrons. The van der Waals surface area contributed by atoms with Gasteiger partial charge in [-0.3, -0.25) is 4.79 Å². The summed E-state index contributed by atoms with van der Waals surface area (Å²) in [4.78, 5) is 15.2. The zero-order valence-electron chi connectivity index (χ0n) is 13.6. The summed E-state index contributed by atoms with van der Waals surface area (Å²) in [6, 6.07) is 15.6. The number of nitrogens with one attached hydrogen (secondary N) is 1. The van der Waals surface area contributed by atoms with Gasteiger partial charge in [-0.15, -0.1) is 11.3 Å². The van der Waals surface area contributed by atoms with Gasteiger partial charge in [-0.25, -0.2) is 0 Å². The van der Waals surface area contributed by atoms with E-state index in [1.807, 2.05) is 48.5 Å². The van der Waals surface area contributed by atoms with E-state index in [-0.39, 0.29) is 5.91 Å². The number of rotatable bonds is 5. The number of hydrogen-bond acceptors (Lipinski definition) is 5. The maximum Gasteiger partial charge on any atom is 0.261 e. The number of para-hydroxylation sites is 2. The number of carbonyl (C=O) groups excluding carboxylic acids is 1. The van der Waals surface area contributed by atoms with Crippen LogP contribution in [0.5, 0.6) is 5.75 Å². The van der Waals surface area contributed by atoms with Gasteiger partial charge in [0.1, 0.15) is 18.1 Å². The van der Waals surface area contributed by atoms with E-state index < -0.39 is 0 Å². The highest BCUT2D eigenvalue weighted by Gasteiger charge is 2.21. The van der Waals surface area contributed by atoms with E-state index in [1.165, 1.54) is 11.3 Å². The molecule has 1 N–H and O–H groups in total. The third kappa shape index (κ3) is 3.39. The van der Waals surface area contributed by atoms with Crippen molar-refractivity contribution in [3.8, 4) is 5.75 Å². The number of amides is 1. The van der Waals surface area contributed by atoms with Crippen LogP contribution in [0.4, 0.5) is 10.7 Å². The maximum absolute atomic E-state index is 12.3. The smallest absolute Gasteiger partial charge is 0.261 e. The number of carbonyl (C=O) groups is 1. The van der Waals surface area contributed by atoms with Crippen molar-refractivity contribution in [2.75, 3.05) is 24.6 Å². The molecule has 0 radical (unpaired) electrons. The van der Waals surface area contributed by atoms with E-state index in [2.05, 4.69) is 10.2 Å². The van der Waals surface area contributed by atoms with Crippen molar-refractivity contribution in [3.63, 3.8) is 0 Å². The molecule has 0 atom stereocenters. The molecule has 0 aliphatic carbocycles. The quantitative estimate of drug-likeness (QED) is 0.756. The molecule has 2 aromatic heterocycles. The molecule has 3 aromatic rings. The van der Waals surface area contributed by atoms with Gasteiger partial charge in [-0.05, 0) is 36.4 Å². The van der Waals surface area contributed by atoms with Gasteiger partial charge in [-0.2, -0.15) is 0 Å². The molecule has 0 saturated carbocycles. The second kappa shape index (κ2) is 7.03. The fourth-order valence-electron chi connectivity index (χ4n) is 2.83. The van der Waals surface area contributed by atoms with Crippen LogP contribution < -0.4 is 15.0 Å². The Morgan fingerprint density at radius 3 is 2.96 bits per heavy atom. The number of fused-ring (bicyclic) bond motifs is 1. The fraction of sp³-hybridized carbons (Fsp3) is 0.211. The van der Waals surface area contributed by atoms with E-state index >= 15 is 0 Å². The number of furan rings is 1. The van der Waals surface area contributed by atoms with Gasteiger partial charge in [0.25, 0.3) is 5.91 Å². The molecule has 5 nitrogen and oxygen atoms in total. The lowest BCUT2D eigenvalue weighted by Crippen LogP contribution is -2.27. The molecular weight excluding hydrogens is 336 g/mol. The molecule has 4 rings (SSSR count). The summed E-state index contributed by atoms with van der Waals surface area (Å²) < 4.78 is 11.0. The Morgan fingerprint density at radius 2 is 2.08 bits per heavy atom. The summed E-state index contributed by atoms with van der Waals surface area (Å²) in [6.45, 7) is 1.97. The first-order chi connectivity index (χ1) is 12.3. The van der Waals surface area contributed by atoms with E-state index in [4.69, 9.17) is 9.15 Å². The van der Waals surface area contributed by atoms with Gasteiger partial charge in [0, 0.05) is 13.0 Å². The standard InChI is InChI=1S/C19H18N2O3S/c22-19(20-10-9-14-4-3-12-23-14)17-7-8-18(25-17)21-11-13-24-16-6-2-1-5-15(16)21/h1-8,12H,9-11,13H2,(H,20,22). The average molecular weight is 354 g/mol. The predicted octanol–water partition coefficient (Wildman–Crippen LogP) is 3.84. The van der Waals surface area contributed by atoms with Crippen molar-refractivity contribution in [2.24, 2.45) is 0 Å². The highest BCUT2D eigenvalue weighted by molar-refractivity contribution is 7.18. The molecule has 1 aliphatic rings. The minimum Gasteiger partial charge on any atom is -0.490 e. The van der Waals surface area contributed by atoms with Crippen LogP contribution >= 0.6 is 11.3 Å². The Hall–Kier alpha value is -2.73. The van der Waals surface area contributed by atoms with Crippen LogP contribution in [0.25, 0.3) is 0 Å². The molecule has 25 heavy (non-hydrogen) atoms. The number of anilines is 2. The predicted molar refractivity (Wildman–Crippen MR) is 98.0 cm³/mol. The number of nitrogens with zero attached hydrogens (tertiary/aromatic N) is 1. The van der Waals surface area contributed by atoms with Gasteiger partial charge in [0.05, 0.1) is 28.4 Å². The number of hydrogen-bond donors (Lipinski definition) is 1. The Bertz CT molecular complexity index is 857. The lowest BCUT2D eigenvalue weighted by molar-refractivity contribution is 0.0958. The lowest BCUT2D eigenvalue weighted by Gasteiger charge is -2.29. The third-order valence-corrected chi connectivity index (χ3v) is 5.15. The highest BCUT2D eigenvalue weighted by atomic mass is 32.1. The van der Waals surface area contributed by atoms with Crippen LogP contribution in [0.1, 0.15) is 15.4 Å². The third-order valence-electron chi connectivity index (χ3n) is 4.05. The van der Waals surface area contributed by atoms with Gasteiger partial charge in [0.2, 0.25) is 0 Å². The molecule has 0 unspecified atom stereocenters. The zero-order chi connectivity index (χ0) is 17.1. The molecule has 0 bridgehead atoms. The Balaban J connectivity index is 1.43. The largest absolute Gasteiger partial charge is 0.490 e. The van der Waals surface area contributed by atoms with Crippen LogP contribution in [0.3, 0.4) is 0 Å². The molecule has 1 aliphatic heterocycles. The van der Waals surface area contributed by atoms with Gasteiger partial charge < -0.3 is 19.4 Å². The van der Waals surface area contributed by atoms with Gasteiger partial charge in [0.15, 0.2) is 0 Å². The monoisotopic (exact) mass is 354 g/mol. The molecule has 1 aromatic carbocycles. The minimum atomic E-state index is -0.0515. The zero-order valence-corrected chi connectivity index (χ0v) is 14.4. The molecular formula is C19H18N2O3S. The fourth-order valence-corrected chi connectivity index (χ4v) is 3.80. The summed E-state index contributed by atoms with van der Waals surface area (Å²) in [5.41, 5.74) is 1.04. The number of ether oxygens (including phenoxy) is 1. The van der Waals surface area contributed by atoms with Gasteiger partial charge in [-0.1, -0.05) is 12.1 Å². The average Bonchev–Trinajstić information content (AvgIpc) is 3.33. The SMILES string of the molecule is O=C(NCCc1ccco1)c1ccc(N2CCOc3ccccc32)s1. The number of thiophene rings is 1.